The van der Waals surface area contributed by atoms with Crippen LogP contribution in [0.15, 0.2) is 40.9 Å². The van der Waals surface area contributed by atoms with Gasteiger partial charge in [-0.1, -0.05) is 46.6 Å². The number of hydrogen-bond donors (Lipinski definition) is 3. The van der Waals surface area contributed by atoms with E-state index in [4.69, 9.17) is 17.2 Å². The first-order valence-corrected chi connectivity index (χ1v) is 10.4. The van der Waals surface area contributed by atoms with Crippen molar-refractivity contribution >= 4 is 27.7 Å². The number of hydrogen-bond acceptors (Lipinski definition) is 3. The Kier molecular flexibility index (Phi) is 4.27. The lowest BCUT2D eigenvalue weighted by Gasteiger charge is -2.48. The summed E-state index contributed by atoms with van der Waals surface area (Å²) < 4.78 is 0.915. The number of carbonyl (C=O) groups is 2. The predicted molar refractivity (Wildman–Crippen MR) is 107 cm³/mol. The van der Waals surface area contributed by atoms with E-state index in [2.05, 4.69) is 28.1 Å². The predicted octanol–water partition coefficient (Wildman–Crippen LogP) is 2.37. The monoisotopic (exact) mass is 431 g/mol. The second-order valence-corrected chi connectivity index (χ2v) is 9.25. The van der Waals surface area contributed by atoms with E-state index in [0.29, 0.717) is 13.0 Å². The first-order valence-electron chi connectivity index (χ1n) is 9.62. The molecule has 0 saturated heterocycles. The van der Waals surface area contributed by atoms with Crippen molar-refractivity contribution in [2.24, 2.45) is 39.9 Å². The maximum absolute atomic E-state index is 13.2. The molecule has 0 aromatic heterocycles. The third kappa shape index (κ3) is 2.14. The number of halogens is 1. The molecule has 4 atom stereocenters. The Morgan fingerprint density at radius 2 is 1.63 bits per heavy atom. The molecule has 1 spiro atoms. The van der Waals surface area contributed by atoms with Gasteiger partial charge < -0.3 is 17.2 Å². The van der Waals surface area contributed by atoms with Gasteiger partial charge in [0.05, 0.1) is 10.8 Å². The lowest BCUT2D eigenvalue weighted by atomic mass is 9.52. The van der Waals surface area contributed by atoms with Crippen LogP contribution in [0.1, 0.15) is 37.7 Å². The zero-order valence-electron chi connectivity index (χ0n) is 15.3. The largest absolute Gasteiger partial charge is 0.369 e. The van der Waals surface area contributed by atoms with Crippen molar-refractivity contribution < 1.29 is 9.59 Å². The molecule has 0 aliphatic heterocycles. The molecule has 2 saturated carbocycles. The zero-order valence-corrected chi connectivity index (χ0v) is 16.9. The van der Waals surface area contributed by atoms with E-state index >= 15 is 0 Å². The van der Waals surface area contributed by atoms with Crippen molar-refractivity contribution in [1.29, 1.82) is 0 Å². The number of unbranched alkanes of at least 4 members (excludes halogenated alkanes) is 1. The van der Waals surface area contributed by atoms with Crippen LogP contribution >= 0.6 is 15.9 Å². The third-order valence-corrected chi connectivity index (χ3v) is 7.95. The summed E-state index contributed by atoms with van der Waals surface area (Å²) in [5.41, 5.74) is 16.6. The van der Waals surface area contributed by atoms with E-state index in [-0.39, 0.29) is 17.3 Å². The Balaban J connectivity index is 1.98. The summed E-state index contributed by atoms with van der Waals surface area (Å²) in [4.78, 5) is 26.3. The van der Waals surface area contributed by atoms with Gasteiger partial charge in [-0.3, -0.25) is 9.59 Å². The van der Waals surface area contributed by atoms with Crippen LogP contribution < -0.4 is 17.2 Å². The third-order valence-electron chi connectivity index (χ3n) is 7.42. The molecule has 2 amide bonds. The van der Waals surface area contributed by atoms with Gasteiger partial charge in [0.2, 0.25) is 11.8 Å². The van der Waals surface area contributed by atoms with Crippen molar-refractivity contribution in [2.45, 2.75) is 37.5 Å². The smallest absolute Gasteiger partial charge is 0.229 e. The second-order valence-electron chi connectivity index (χ2n) is 8.33. The van der Waals surface area contributed by atoms with Gasteiger partial charge in [0.1, 0.15) is 0 Å². The SMILES string of the molecule is NCCCC[C@@]1(C(N)=O)[C@@H]2C=C[C@@H](C23CC3)[C@@]1(C(N)=O)c1ccc(Br)cc1. The van der Waals surface area contributed by atoms with Gasteiger partial charge in [-0.05, 0) is 61.3 Å². The van der Waals surface area contributed by atoms with Crippen LogP contribution in [0.4, 0.5) is 0 Å². The highest BCUT2D eigenvalue weighted by atomic mass is 79.9. The Bertz CT molecular complexity index is 817. The van der Waals surface area contributed by atoms with Crippen molar-refractivity contribution in [1.82, 2.24) is 0 Å². The zero-order chi connectivity index (χ0) is 19.4. The maximum atomic E-state index is 13.2. The van der Waals surface area contributed by atoms with Crippen LogP contribution in [0.2, 0.25) is 0 Å². The summed E-state index contributed by atoms with van der Waals surface area (Å²) in [7, 11) is 0. The van der Waals surface area contributed by atoms with Crippen LogP contribution in [0.5, 0.6) is 0 Å². The lowest BCUT2D eigenvalue weighted by molar-refractivity contribution is -0.143. The standard InChI is InChI=1S/C21H26BrN3O2/c22-14-5-3-13(4-6-14)21(18(25)27)16-8-7-15(19(16)10-11-19)20(21,17(24)26)9-1-2-12-23/h3-8,15-16H,1-2,9-12,23H2,(H2,24,26)(H2,25,27)/t15-,16+,20+,21-/m1/s1. The fourth-order valence-electron chi connectivity index (χ4n) is 6.36. The molecule has 6 N–H and O–H groups in total. The van der Waals surface area contributed by atoms with E-state index in [9.17, 15) is 9.59 Å². The fraction of sp³-hybridized carbons (Fsp3) is 0.524. The number of benzene rings is 1. The summed E-state index contributed by atoms with van der Waals surface area (Å²) in [6.45, 7) is 0.547. The molecular weight excluding hydrogens is 406 g/mol. The van der Waals surface area contributed by atoms with Crippen LogP contribution in [-0.4, -0.2) is 18.4 Å². The highest BCUT2D eigenvalue weighted by Gasteiger charge is 2.82. The minimum absolute atomic E-state index is 0.0404. The molecule has 0 heterocycles. The first-order chi connectivity index (χ1) is 12.9. The van der Waals surface area contributed by atoms with Gasteiger partial charge in [0, 0.05) is 10.4 Å². The highest BCUT2D eigenvalue weighted by Crippen LogP contribution is 2.80. The average Bonchev–Trinajstić information content (AvgIpc) is 3.29. The highest BCUT2D eigenvalue weighted by molar-refractivity contribution is 9.10. The van der Waals surface area contributed by atoms with Crippen molar-refractivity contribution in [2.75, 3.05) is 6.54 Å². The molecule has 5 nitrogen and oxygen atoms in total. The van der Waals surface area contributed by atoms with Crippen LogP contribution in [0, 0.1) is 22.7 Å². The summed E-state index contributed by atoms with van der Waals surface area (Å²) in [5, 5.41) is 0. The molecule has 0 radical (unpaired) electrons. The first kappa shape index (κ1) is 18.7. The lowest BCUT2D eigenvalue weighted by Crippen LogP contribution is -2.62. The Labute approximate surface area is 167 Å². The molecular formula is C21H26BrN3O2. The molecule has 1 aromatic carbocycles. The Morgan fingerprint density at radius 1 is 1.00 bits per heavy atom. The van der Waals surface area contributed by atoms with Crippen LogP contribution in [-0.2, 0) is 15.0 Å². The summed E-state index contributed by atoms with van der Waals surface area (Å²) in [6.07, 6.45) is 8.33. The average molecular weight is 432 g/mol. The van der Waals surface area contributed by atoms with E-state index in [1.165, 1.54) is 0 Å². The fourth-order valence-corrected chi connectivity index (χ4v) is 6.62. The Morgan fingerprint density at radius 3 is 2.15 bits per heavy atom. The topological polar surface area (TPSA) is 112 Å². The van der Waals surface area contributed by atoms with E-state index < -0.39 is 22.6 Å². The van der Waals surface area contributed by atoms with Gasteiger partial charge in [0.25, 0.3) is 0 Å². The van der Waals surface area contributed by atoms with E-state index in [1.807, 2.05) is 24.3 Å². The molecule has 3 aliphatic carbocycles. The number of nitrogens with two attached hydrogens (primary N) is 3. The number of rotatable bonds is 7. The molecule has 4 rings (SSSR count). The number of primary amides is 2. The van der Waals surface area contributed by atoms with Crippen molar-refractivity contribution in [3.05, 3.63) is 46.5 Å². The Hall–Kier alpha value is -1.66. The number of carbonyl (C=O) groups excluding carboxylic acids is 2. The molecule has 27 heavy (non-hydrogen) atoms. The summed E-state index contributed by atoms with van der Waals surface area (Å²) >= 11 is 3.46. The molecule has 0 unspecified atom stereocenters. The quantitative estimate of drug-likeness (QED) is 0.454. The maximum Gasteiger partial charge on any atom is 0.229 e. The number of allylic oxidation sites excluding steroid dienone is 2. The van der Waals surface area contributed by atoms with Gasteiger partial charge in [0.15, 0.2) is 0 Å². The van der Waals surface area contributed by atoms with Gasteiger partial charge in [-0.2, -0.15) is 0 Å². The summed E-state index contributed by atoms with van der Waals surface area (Å²) in [6, 6.07) is 7.64. The number of amides is 2. The molecule has 144 valence electrons. The molecule has 2 bridgehead atoms. The van der Waals surface area contributed by atoms with E-state index in [1.54, 1.807) is 0 Å². The molecule has 2 fully saturated rings. The van der Waals surface area contributed by atoms with Gasteiger partial charge >= 0.3 is 0 Å². The minimum Gasteiger partial charge on any atom is -0.369 e. The summed E-state index contributed by atoms with van der Waals surface area (Å²) in [5.74, 6) is -0.982. The van der Waals surface area contributed by atoms with Gasteiger partial charge in [-0.15, -0.1) is 0 Å². The normalized spacial score (nSPS) is 34.9. The second kappa shape index (κ2) is 6.17. The van der Waals surface area contributed by atoms with Crippen LogP contribution in [0.25, 0.3) is 0 Å². The van der Waals surface area contributed by atoms with Gasteiger partial charge in [-0.25, -0.2) is 0 Å². The van der Waals surface area contributed by atoms with Crippen molar-refractivity contribution in [3.8, 4) is 0 Å². The molecule has 6 heteroatoms. The molecule has 3 aliphatic rings. The minimum atomic E-state index is -1.11. The van der Waals surface area contributed by atoms with Crippen LogP contribution in [0.3, 0.4) is 0 Å². The molecule has 1 aromatic rings. The van der Waals surface area contributed by atoms with Crippen molar-refractivity contribution in [3.63, 3.8) is 0 Å². The van der Waals surface area contributed by atoms with E-state index in [0.717, 1.165) is 35.7 Å².